The second-order valence-electron chi connectivity index (χ2n) is 10.1. The normalized spacial score (nSPS) is 14.3. The molecule has 202 valence electrons. The van der Waals surface area contributed by atoms with Crippen LogP contribution in [0.4, 0.5) is 0 Å². The fourth-order valence-electron chi connectivity index (χ4n) is 5.35. The van der Waals surface area contributed by atoms with Crippen LogP contribution in [0.1, 0.15) is 28.3 Å². The summed E-state index contributed by atoms with van der Waals surface area (Å²) in [7, 11) is 0. The highest BCUT2D eigenvalue weighted by Crippen LogP contribution is 2.29. The van der Waals surface area contributed by atoms with Gasteiger partial charge < -0.3 is 5.32 Å². The number of carbonyl (C=O) groups excluding carboxylic acids is 1. The van der Waals surface area contributed by atoms with Crippen LogP contribution in [-0.2, 0) is 4.79 Å². The monoisotopic (exact) mass is 527 g/mol. The smallest absolute Gasteiger partial charge is 0.244 e. The maximum Gasteiger partial charge on any atom is 0.244 e. The first-order valence-electron chi connectivity index (χ1n) is 14.1. The summed E-state index contributed by atoms with van der Waals surface area (Å²) in [6, 6.07) is 42.4. The predicted octanol–water partition coefficient (Wildman–Crippen LogP) is 6.20. The molecule has 0 aliphatic carbocycles. The van der Waals surface area contributed by atoms with E-state index in [1.165, 1.54) is 11.1 Å². The minimum atomic E-state index is -0.0661. The lowest BCUT2D eigenvalue weighted by Crippen LogP contribution is -2.49. The second kappa shape index (κ2) is 14.2. The van der Waals surface area contributed by atoms with Gasteiger partial charge in [-0.15, -0.1) is 0 Å². The third-order valence-corrected chi connectivity index (χ3v) is 7.41. The maximum absolute atomic E-state index is 12.5. The molecule has 1 N–H and O–H groups in total. The summed E-state index contributed by atoms with van der Waals surface area (Å²) in [4.78, 5) is 17.6. The number of hydrogen-bond acceptors (Lipinski definition) is 3. The number of piperazine rings is 1. The van der Waals surface area contributed by atoms with Crippen molar-refractivity contribution in [3.63, 3.8) is 0 Å². The lowest BCUT2D eigenvalue weighted by Gasteiger charge is -2.39. The summed E-state index contributed by atoms with van der Waals surface area (Å²) >= 11 is 0. The van der Waals surface area contributed by atoms with Crippen molar-refractivity contribution in [1.82, 2.24) is 15.1 Å². The first kappa shape index (κ1) is 27.3. The van der Waals surface area contributed by atoms with E-state index in [2.05, 4.69) is 100 Å². The van der Waals surface area contributed by atoms with Crippen molar-refractivity contribution in [1.29, 1.82) is 0 Å². The van der Waals surface area contributed by atoms with Crippen LogP contribution in [0.2, 0.25) is 0 Å². The molecule has 0 saturated carbocycles. The van der Waals surface area contributed by atoms with Crippen LogP contribution in [0.15, 0.2) is 140 Å². The van der Waals surface area contributed by atoms with Crippen LogP contribution in [0.25, 0.3) is 5.57 Å². The van der Waals surface area contributed by atoms with Gasteiger partial charge in [0.2, 0.25) is 5.91 Å². The number of carbonyl (C=O) groups is 1. The quantitative estimate of drug-likeness (QED) is 0.197. The topological polar surface area (TPSA) is 35.6 Å². The van der Waals surface area contributed by atoms with Crippen molar-refractivity contribution in [3.8, 4) is 0 Å². The van der Waals surface area contributed by atoms with E-state index in [-0.39, 0.29) is 11.9 Å². The van der Waals surface area contributed by atoms with Crippen molar-refractivity contribution in [3.05, 3.63) is 162 Å². The van der Waals surface area contributed by atoms with Crippen LogP contribution in [0.5, 0.6) is 0 Å². The molecule has 0 atom stereocenters. The molecule has 1 aliphatic rings. The molecule has 1 heterocycles. The standard InChI is InChI=1S/C36H37N3O/c40-35(23-13-22-34(30-14-5-1-6-15-30)31-16-7-2-8-17-31)37-24-25-38-26-28-39(29-27-38)36(32-18-9-3-10-19-32)33-20-11-4-12-21-33/h1-23,36H,24-29H2,(H,37,40). The van der Waals surface area contributed by atoms with E-state index in [1.54, 1.807) is 6.08 Å². The van der Waals surface area contributed by atoms with E-state index >= 15 is 0 Å². The highest BCUT2D eigenvalue weighted by Gasteiger charge is 2.26. The number of nitrogens with zero attached hydrogens (tertiary/aromatic N) is 2. The molecule has 4 aromatic rings. The zero-order valence-corrected chi connectivity index (χ0v) is 22.9. The minimum absolute atomic E-state index is 0.0661. The Bertz CT molecular complexity index is 1300. The van der Waals surface area contributed by atoms with Gasteiger partial charge >= 0.3 is 0 Å². The van der Waals surface area contributed by atoms with E-state index in [9.17, 15) is 4.79 Å². The van der Waals surface area contributed by atoms with Crippen molar-refractivity contribution >= 4 is 11.5 Å². The van der Waals surface area contributed by atoms with Crippen molar-refractivity contribution in [2.24, 2.45) is 0 Å². The average Bonchev–Trinajstić information content (AvgIpc) is 3.02. The first-order valence-corrected chi connectivity index (χ1v) is 14.1. The Kier molecular flexibility index (Phi) is 9.72. The number of rotatable bonds is 10. The Morgan fingerprint density at radius 3 is 1.65 bits per heavy atom. The third-order valence-electron chi connectivity index (χ3n) is 7.41. The van der Waals surface area contributed by atoms with Gasteiger partial charge in [0.05, 0.1) is 6.04 Å². The molecule has 0 unspecified atom stereocenters. The van der Waals surface area contributed by atoms with Gasteiger partial charge in [-0.25, -0.2) is 0 Å². The molecule has 1 amide bonds. The minimum Gasteiger partial charge on any atom is -0.351 e. The highest BCUT2D eigenvalue weighted by atomic mass is 16.1. The van der Waals surface area contributed by atoms with Crippen LogP contribution in [0.3, 0.4) is 0 Å². The van der Waals surface area contributed by atoms with Gasteiger partial charge in [0, 0.05) is 45.3 Å². The molecule has 4 nitrogen and oxygen atoms in total. The number of hydrogen-bond donors (Lipinski definition) is 1. The molecule has 1 saturated heterocycles. The first-order chi connectivity index (χ1) is 19.8. The lowest BCUT2D eigenvalue weighted by molar-refractivity contribution is -0.116. The Labute approximate surface area is 238 Å². The summed E-state index contributed by atoms with van der Waals surface area (Å²) in [5.41, 5.74) is 6.00. The van der Waals surface area contributed by atoms with E-state index in [0.29, 0.717) is 6.54 Å². The van der Waals surface area contributed by atoms with Crippen LogP contribution < -0.4 is 5.32 Å². The van der Waals surface area contributed by atoms with E-state index in [0.717, 1.165) is 49.4 Å². The molecule has 1 aliphatic heterocycles. The summed E-state index contributed by atoms with van der Waals surface area (Å²) in [6.45, 7) is 5.45. The summed E-state index contributed by atoms with van der Waals surface area (Å²) in [6.07, 6.45) is 5.48. The third kappa shape index (κ3) is 7.44. The highest BCUT2D eigenvalue weighted by molar-refractivity contribution is 5.89. The predicted molar refractivity (Wildman–Crippen MR) is 165 cm³/mol. The summed E-state index contributed by atoms with van der Waals surface area (Å²) in [5.74, 6) is -0.0661. The number of allylic oxidation sites excluding steroid dienone is 2. The zero-order valence-electron chi connectivity index (χ0n) is 22.9. The van der Waals surface area contributed by atoms with Gasteiger partial charge in [-0.2, -0.15) is 0 Å². The molecule has 0 aromatic heterocycles. The second-order valence-corrected chi connectivity index (χ2v) is 10.1. The molecule has 40 heavy (non-hydrogen) atoms. The van der Waals surface area contributed by atoms with E-state index < -0.39 is 0 Å². The maximum atomic E-state index is 12.5. The Hall–Kier alpha value is -4.25. The average molecular weight is 528 g/mol. The van der Waals surface area contributed by atoms with Crippen LogP contribution >= 0.6 is 0 Å². The van der Waals surface area contributed by atoms with Gasteiger partial charge in [-0.3, -0.25) is 14.6 Å². The number of benzene rings is 4. The molecular formula is C36H37N3O. The molecule has 0 bridgehead atoms. The van der Waals surface area contributed by atoms with Gasteiger partial charge in [-0.1, -0.05) is 133 Å². The van der Waals surface area contributed by atoms with Crippen molar-refractivity contribution in [2.45, 2.75) is 6.04 Å². The van der Waals surface area contributed by atoms with Gasteiger partial charge in [0.15, 0.2) is 0 Å². The zero-order chi connectivity index (χ0) is 27.4. The largest absolute Gasteiger partial charge is 0.351 e. The van der Waals surface area contributed by atoms with E-state index in [4.69, 9.17) is 0 Å². The van der Waals surface area contributed by atoms with Crippen LogP contribution in [0, 0.1) is 0 Å². The number of nitrogens with one attached hydrogen (secondary N) is 1. The molecular weight excluding hydrogens is 490 g/mol. The molecule has 0 radical (unpaired) electrons. The molecule has 4 aromatic carbocycles. The van der Waals surface area contributed by atoms with E-state index in [1.807, 2.05) is 48.6 Å². The fourth-order valence-corrected chi connectivity index (χ4v) is 5.35. The molecule has 1 fully saturated rings. The summed E-state index contributed by atoms with van der Waals surface area (Å²) in [5, 5.41) is 3.06. The van der Waals surface area contributed by atoms with Gasteiger partial charge in [-0.05, 0) is 27.8 Å². The molecule has 5 rings (SSSR count). The number of amides is 1. The molecule has 0 spiro atoms. The van der Waals surface area contributed by atoms with Crippen molar-refractivity contribution in [2.75, 3.05) is 39.3 Å². The van der Waals surface area contributed by atoms with Gasteiger partial charge in [0.1, 0.15) is 0 Å². The fraction of sp³-hybridized carbons (Fsp3) is 0.194. The van der Waals surface area contributed by atoms with Crippen molar-refractivity contribution < 1.29 is 4.79 Å². The Morgan fingerprint density at radius 2 is 1.15 bits per heavy atom. The SMILES string of the molecule is O=C(C=CC=C(c1ccccc1)c1ccccc1)NCCN1CCN(C(c2ccccc2)c2ccccc2)CC1. The molecule has 4 heteroatoms. The van der Waals surface area contributed by atoms with Gasteiger partial charge in [0.25, 0.3) is 0 Å². The lowest BCUT2D eigenvalue weighted by atomic mass is 9.96. The Morgan fingerprint density at radius 1 is 0.675 bits per heavy atom. The Balaban J connectivity index is 1.12. The summed E-state index contributed by atoms with van der Waals surface area (Å²) < 4.78 is 0. The van der Waals surface area contributed by atoms with Crippen LogP contribution in [-0.4, -0.2) is 55.0 Å².